The normalized spacial score (nSPS) is 10.7. The molecule has 0 aliphatic carbocycles. The van der Waals surface area contributed by atoms with E-state index in [4.69, 9.17) is 9.47 Å². The van der Waals surface area contributed by atoms with E-state index in [1.807, 2.05) is 49.4 Å². The van der Waals surface area contributed by atoms with Gasteiger partial charge < -0.3 is 19.8 Å². The number of fused-ring (bicyclic) bond motifs is 1. The topological polar surface area (TPSA) is 76.2 Å². The predicted molar refractivity (Wildman–Crippen MR) is 108 cm³/mol. The first-order chi connectivity index (χ1) is 13.2. The van der Waals surface area contributed by atoms with Crippen LogP contribution in [0.1, 0.15) is 12.5 Å². The number of rotatable bonds is 9. The number of carbonyl (C=O) groups is 1. The molecule has 0 fully saturated rings. The van der Waals surface area contributed by atoms with E-state index in [1.54, 1.807) is 7.11 Å². The summed E-state index contributed by atoms with van der Waals surface area (Å²) in [7, 11) is 1.65. The fraction of sp³-hybridized carbons (Fsp3) is 0.300. The minimum absolute atomic E-state index is 0.0228. The summed E-state index contributed by atoms with van der Waals surface area (Å²) in [6.07, 6.45) is 0.727. The van der Waals surface area contributed by atoms with Gasteiger partial charge in [0, 0.05) is 12.6 Å². The lowest BCUT2D eigenvalue weighted by molar-refractivity contribution is -0.118. The Balaban J connectivity index is 1.48. The minimum Gasteiger partial charge on any atom is -0.496 e. The number of benzene rings is 2. The van der Waals surface area contributed by atoms with Crippen molar-refractivity contribution in [3.63, 3.8) is 0 Å². The molecule has 0 unspecified atom stereocenters. The lowest BCUT2D eigenvalue weighted by Gasteiger charge is -2.08. The Hall–Kier alpha value is -2.67. The molecule has 0 saturated carbocycles. The van der Waals surface area contributed by atoms with Gasteiger partial charge in [-0.05, 0) is 37.1 Å². The average molecular weight is 385 g/mol. The second kappa shape index (κ2) is 9.32. The SMILES string of the molecule is CCOc1ccc2nc(SCC(=O)NCCc3ccccc3OC)[nH]c2c1. The molecular weight excluding hydrogens is 362 g/mol. The van der Waals surface area contributed by atoms with Gasteiger partial charge in [0.1, 0.15) is 11.5 Å². The van der Waals surface area contributed by atoms with Crippen LogP contribution in [-0.2, 0) is 11.2 Å². The first kappa shape index (κ1) is 19.1. The molecule has 2 aromatic carbocycles. The van der Waals surface area contributed by atoms with Crippen LogP contribution in [0.5, 0.6) is 11.5 Å². The van der Waals surface area contributed by atoms with Gasteiger partial charge in [-0.25, -0.2) is 4.98 Å². The van der Waals surface area contributed by atoms with E-state index in [0.29, 0.717) is 18.9 Å². The first-order valence-corrected chi connectivity index (χ1v) is 9.82. The summed E-state index contributed by atoms with van der Waals surface area (Å²) in [6.45, 7) is 3.14. The lowest BCUT2D eigenvalue weighted by atomic mass is 10.1. The second-order valence-corrected chi connectivity index (χ2v) is 6.82. The van der Waals surface area contributed by atoms with E-state index in [9.17, 15) is 4.79 Å². The van der Waals surface area contributed by atoms with Crippen LogP contribution in [0.3, 0.4) is 0 Å². The number of hydrogen-bond donors (Lipinski definition) is 2. The average Bonchev–Trinajstić information content (AvgIpc) is 3.09. The molecule has 1 amide bonds. The zero-order valence-corrected chi connectivity index (χ0v) is 16.3. The van der Waals surface area contributed by atoms with Gasteiger partial charge in [0.05, 0.1) is 30.5 Å². The molecule has 142 valence electrons. The fourth-order valence-corrected chi connectivity index (χ4v) is 3.44. The number of methoxy groups -OCH3 is 1. The minimum atomic E-state index is -0.0228. The molecule has 7 heteroatoms. The second-order valence-electron chi connectivity index (χ2n) is 5.85. The number of para-hydroxylation sites is 1. The van der Waals surface area contributed by atoms with Gasteiger partial charge in [-0.15, -0.1) is 0 Å². The maximum absolute atomic E-state index is 12.1. The highest BCUT2D eigenvalue weighted by Crippen LogP contribution is 2.23. The van der Waals surface area contributed by atoms with Crippen molar-refractivity contribution in [2.45, 2.75) is 18.5 Å². The highest BCUT2D eigenvalue weighted by molar-refractivity contribution is 7.99. The Bertz CT molecular complexity index is 910. The van der Waals surface area contributed by atoms with Crippen LogP contribution in [0.15, 0.2) is 47.6 Å². The Morgan fingerprint density at radius 3 is 2.93 bits per heavy atom. The van der Waals surface area contributed by atoms with Gasteiger partial charge in [0.25, 0.3) is 0 Å². The van der Waals surface area contributed by atoms with Crippen molar-refractivity contribution in [1.29, 1.82) is 0 Å². The molecule has 0 spiro atoms. The van der Waals surface area contributed by atoms with Crippen LogP contribution in [0, 0.1) is 0 Å². The van der Waals surface area contributed by atoms with Crippen molar-refractivity contribution in [3.05, 3.63) is 48.0 Å². The largest absolute Gasteiger partial charge is 0.496 e. The molecule has 2 N–H and O–H groups in total. The quantitative estimate of drug-likeness (QED) is 0.552. The van der Waals surface area contributed by atoms with E-state index in [1.165, 1.54) is 11.8 Å². The molecule has 3 rings (SSSR count). The fourth-order valence-electron chi connectivity index (χ4n) is 2.72. The van der Waals surface area contributed by atoms with Gasteiger partial charge in [0.15, 0.2) is 5.16 Å². The Morgan fingerprint density at radius 1 is 1.26 bits per heavy atom. The maximum Gasteiger partial charge on any atom is 0.230 e. The molecule has 0 saturated heterocycles. The third kappa shape index (κ3) is 5.17. The highest BCUT2D eigenvalue weighted by Gasteiger charge is 2.08. The molecule has 0 radical (unpaired) electrons. The number of nitrogens with one attached hydrogen (secondary N) is 2. The molecule has 0 atom stereocenters. The van der Waals surface area contributed by atoms with Crippen LogP contribution in [0.2, 0.25) is 0 Å². The Labute approximate surface area is 162 Å². The zero-order chi connectivity index (χ0) is 19.1. The number of carbonyl (C=O) groups excluding carboxylic acids is 1. The number of nitrogens with zero attached hydrogens (tertiary/aromatic N) is 1. The Kier molecular flexibility index (Phi) is 6.59. The number of aromatic nitrogens is 2. The van der Waals surface area contributed by atoms with Gasteiger partial charge in [-0.3, -0.25) is 4.79 Å². The summed E-state index contributed by atoms with van der Waals surface area (Å²) in [4.78, 5) is 19.8. The smallest absolute Gasteiger partial charge is 0.230 e. The number of ether oxygens (including phenoxy) is 2. The van der Waals surface area contributed by atoms with Crippen molar-refractivity contribution in [1.82, 2.24) is 15.3 Å². The van der Waals surface area contributed by atoms with Gasteiger partial charge in [0.2, 0.25) is 5.91 Å². The van der Waals surface area contributed by atoms with Crippen LogP contribution >= 0.6 is 11.8 Å². The van der Waals surface area contributed by atoms with E-state index in [-0.39, 0.29) is 5.91 Å². The predicted octanol–water partition coefficient (Wildman–Crippen LogP) is 3.42. The summed E-state index contributed by atoms with van der Waals surface area (Å²) in [5.41, 5.74) is 2.84. The molecule has 0 aliphatic heterocycles. The molecule has 6 nitrogen and oxygen atoms in total. The van der Waals surface area contributed by atoms with Gasteiger partial charge in [-0.1, -0.05) is 30.0 Å². The van der Waals surface area contributed by atoms with Crippen LogP contribution in [-0.4, -0.2) is 41.9 Å². The van der Waals surface area contributed by atoms with Crippen molar-refractivity contribution in [2.24, 2.45) is 0 Å². The number of amides is 1. The third-order valence-electron chi connectivity index (χ3n) is 3.99. The molecule has 1 aromatic heterocycles. The number of hydrogen-bond acceptors (Lipinski definition) is 5. The van der Waals surface area contributed by atoms with E-state index >= 15 is 0 Å². The summed E-state index contributed by atoms with van der Waals surface area (Å²) in [5, 5.41) is 3.66. The van der Waals surface area contributed by atoms with Crippen LogP contribution in [0.25, 0.3) is 11.0 Å². The van der Waals surface area contributed by atoms with E-state index < -0.39 is 0 Å². The van der Waals surface area contributed by atoms with E-state index in [0.717, 1.165) is 39.7 Å². The number of aromatic amines is 1. The van der Waals surface area contributed by atoms with Crippen molar-refractivity contribution >= 4 is 28.7 Å². The standard InChI is InChI=1S/C20H23N3O3S/c1-3-26-15-8-9-16-17(12-15)23-20(22-16)27-13-19(24)21-11-10-14-6-4-5-7-18(14)25-2/h4-9,12H,3,10-11,13H2,1-2H3,(H,21,24)(H,22,23). The summed E-state index contributed by atoms with van der Waals surface area (Å²) >= 11 is 1.38. The summed E-state index contributed by atoms with van der Waals surface area (Å²) in [6, 6.07) is 13.6. The summed E-state index contributed by atoms with van der Waals surface area (Å²) in [5.74, 6) is 1.93. The highest BCUT2D eigenvalue weighted by atomic mass is 32.2. The third-order valence-corrected chi connectivity index (χ3v) is 4.86. The maximum atomic E-state index is 12.1. The molecule has 0 aliphatic rings. The number of imidazole rings is 1. The number of thioether (sulfide) groups is 1. The molecule has 0 bridgehead atoms. The first-order valence-electron chi connectivity index (χ1n) is 8.83. The molecule has 3 aromatic rings. The van der Waals surface area contributed by atoms with Gasteiger partial charge >= 0.3 is 0 Å². The Morgan fingerprint density at radius 2 is 2.11 bits per heavy atom. The molecule has 1 heterocycles. The van der Waals surface area contributed by atoms with Crippen molar-refractivity contribution < 1.29 is 14.3 Å². The number of H-pyrrole nitrogens is 1. The monoisotopic (exact) mass is 385 g/mol. The van der Waals surface area contributed by atoms with E-state index in [2.05, 4.69) is 15.3 Å². The lowest BCUT2D eigenvalue weighted by Crippen LogP contribution is -2.27. The van der Waals surface area contributed by atoms with Gasteiger partial charge in [-0.2, -0.15) is 0 Å². The van der Waals surface area contributed by atoms with Crippen LogP contribution in [0.4, 0.5) is 0 Å². The van der Waals surface area contributed by atoms with Crippen molar-refractivity contribution in [2.75, 3.05) is 26.0 Å². The molecule has 27 heavy (non-hydrogen) atoms. The van der Waals surface area contributed by atoms with Crippen LogP contribution < -0.4 is 14.8 Å². The molecular formula is C20H23N3O3S. The zero-order valence-electron chi connectivity index (χ0n) is 15.5. The van der Waals surface area contributed by atoms with Crippen molar-refractivity contribution in [3.8, 4) is 11.5 Å². The summed E-state index contributed by atoms with van der Waals surface area (Å²) < 4.78 is 10.8.